The molecule has 18 heavy (non-hydrogen) atoms. The molecule has 94 valence electrons. The number of rotatable bonds is 5. The molecule has 5 heteroatoms. The van der Waals surface area contributed by atoms with Crippen LogP contribution >= 0.6 is 23.4 Å². The first-order valence-corrected chi connectivity index (χ1v) is 6.92. The molecule has 1 N–H and O–H groups in total. The van der Waals surface area contributed by atoms with Gasteiger partial charge in [-0.25, -0.2) is 9.97 Å². The highest BCUT2D eigenvalue weighted by atomic mass is 35.5. The highest BCUT2D eigenvalue weighted by molar-refractivity contribution is 7.99. The van der Waals surface area contributed by atoms with Crippen LogP contribution < -0.4 is 5.32 Å². The van der Waals surface area contributed by atoms with Gasteiger partial charge in [-0.1, -0.05) is 36.4 Å². The number of halogens is 1. The van der Waals surface area contributed by atoms with E-state index in [0.29, 0.717) is 0 Å². The standard InChI is InChI=1S/C13H14ClN3S/c1-2-15-8-10-3-4-11(14)7-12(10)18-13-5-6-16-9-17-13/h3-7,9,15H,2,8H2,1H3. The van der Waals surface area contributed by atoms with Crippen LogP contribution in [0.4, 0.5) is 0 Å². The molecular formula is C13H14ClN3S. The maximum Gasteiger partial charge on any atom is 0.116 e. The Bertz CT molecular complexity index is 505. The molecule has 0 spiro atoms. The van der Waals surface area contributed by atoms with Crippen molar-refractivity contribution in [2.24, 2.45) is 0 Å². The summed E-state index contributed by atoms with van der Waals surface area (Å²) in [5.41, 5.74) is 1.23. The predicted octanol–water partition coefficient (Wildman–Crippen LogP) is 3.39. The molecule has 0 radical (unpaired) electrons. The molecule has 0 fully saturated rings. The van der Waals surface area contributed by atoms with E-state index in [2.05, 4.69) is 28.3 Å². The van der Waals surface area contributed by atoms with Crippen LogP contribution in [0, 0.1) is 0 Å². The highest BCUT2D eigenvalue weighted by Crippen LogP contribution is 2.31. The summed E-state index contributed by atoms with van der Waals surface area (Å²) in [4.78, 5) is 9.25. The topological polar surface area (TPSA) is 37.8 Å². The molecule has 3 nitrogen and oxygen atoms in total. The fourth-order valence-corrected chi connectivity index (χ4v) is 2.63. The van der Waals surface area contributed by atoms with Crippen molar-refractivity contribution in [3.8, 4) is 0 Å². The lowest BCUT2D eigenvalue weighted by Crippen LogP contribution is -2.12. The molecule has 1 aromatic heterocycles. The highest BCUT2D eigenvalue weighted by Gasteiger charge is 2.06. The largest absolute Gasteiger partial charge is 0.313 e. The number of hydrogen-bond acceptors (Lipinski definition) is 4. The van der Waals surface area contributed by atoms with Crippen molar-refractivity contribution in [3.05, 3.63) is 47.4 Å². The maximum atomic E-state index is 6.05. The Kier molecular flexibility index (Phi) is 4.99. The van der Waals surface area contributed by atoms with Crippen molar-refractivity contribution in [1.82, 2.24) is 15.3 Å². The van der Waals surface area contributed by atoms with E-state index >= 15 is 0 Å². The van der Waals surface area contributed by atoms with Crippen LogP contribution in [0.1, 0.15) is 12.5 Å². The minimum Gasteiger partial charge on any atom is -0.313 e. The molecule has 0 saturated carbocycles. The predicted molar refractivity (Wildman–Crippen MR) is 75.0 cm³/mol. The van der Waals surface area contributed by atoms with E-state index in [1.165, 1.54) is 5.56 Å². The van der Waals surface area contributed by atoms with Gasteiger partial charge in [0, 0.05) is 22.7 Å². The molecule has 1 heterocycles. The summed E-state index contributed by atoms with van der Waals surface area (Å²) in [5, 5.41) is 4.98. The summed E-state index contributed by atoms with van der Waals surface area (Å²) in [6.07, 6.45) is 3.29. The second-order valence-electron chi connectivity index (χ2n) is 3.68. The molecule has 2 rings (SSSR count). The first kappa shape index (κ1) is 13.3. The van der Waals surface area contributed by atoms with Crippen molar-refractivity contribution in [3.63, 3.8) is 0 Å². The van der Waals surface area contributed by atoms with Gasteiger partial charge in [0.1, 0.15) is 11.4 Å². The van der Waals surface area contributed by atoms with E-state index in [-0.39, 0.29) is 0 Å². The number of aromatic nitrogens is 2. The first-order valence-electron chi connectivity index (χ1n) is 5.72. The minimum atomic E-state index is 0.742. The molecular weight excluding hydrogens is 266 g/mol. The van der Waals surface area contributed by atoms with E-state index in [9.17, 15) is 0 Å². The molecule has 1 aromatic carbocycles. The Hall–Kier alpha value is -1.10. The Morgan fingerprint density at radius 1 is 1.33 bits per heavy atom. The first-order chi connectivity index (χ1) is 8.79. The molecule has 0 amide bonds. The zero-order valence-corrected chi connectivity index (χ0v) is 11.6. The third kappa shape index (κ3) is 3.70. The molecule has 2 aromatic rings. The summed E-state index contributed by atoms with van der Waals surface area (Å²) in [7, 11) is 0. The Balaban J connectivity index is 2.22. The SMILES string of the molecule is CCNCc1ccc(Cl)cc1Sc1ccncn1. The van der Waals surface area contributed by atoms with Crippen molar-refractivity contribution in [2.75, 3.05) is 6.54 Å². The summed E-state index contributed by atoms with van der Waals surface area (Å²) in [6.45, 7) is 3.87. The second kappa shape index (κ2) is 6.73. The number of nitrogens with zero attached hydrogens (tertiary/aromatic N) is 2. The van der Waals surface area contributed by atoms with Crippen molar-refractivity contribution in [2.45, 2.75) is 23.4 Å². The third-order valence-electron chi connectivity index (χ3n) is 2.36. The Morgan fingerprint density at radius 2 is 2.22 bits per heavy atom. The van der Waals surface area contributed by atoms with E-state index in [1.807, 2.05) is 18.2 Å². The fourth-order valence-electron chi connectivity index (χ4n) is 1.48. The van der Waals surface area contributed by atoms with Gasteiger partial charge in [0.25, 0.3) is 0 Å². The Morgan fingerprint density at radius 3 is 2.94 bits per heavy atom. The van der Waals surface area contributed by atoms with Crippen LogP contribution in [0.15, 0.2) is 46.7 Å². The molecule has 0 atom stereocenters. The number of hydrogen-bond donors (Lipinski definition) is 1. The fraction of sp³-hybridized carbons (Fsp3) is 0.231. The molecule has 0 aliphatic rings. The lowest BCUT2D eigenvalue weighted by molar-refractivity contribution is 0.718. The lowest BCUT2D eigenvalue weighted by atomic mass is 10.2. The number of nitrogens with one attached hydrogen (secondary N) is 1. The van der Waals surface area contributed by atoms with Crippen LogP contribution in [-0.4, -0.2) is 16.5 Å². The maximum absolute atomic E-state index is 6.05. The zero-order chi connectivity index (χ0) is 12.8. The normalized spacial score (nSPS) is 10.6. The summed E-state index contributed by atoms with van der Waals surface area (Å²) in [5.74, 6) is 0. The minimum absolute atomic E-state index is 0.742. The molecule has 0 saturated heterocycles. The van der Waals surface area contributed by atoms with Crippen LogP contribution in [0.25, 0.3) is 0 Å². The summed E-state index contributed by atoms with van der Waals surface area (Å²) in [6, 6.07) is 7.83. The summed E-state index contributed by atoms with van der Waals surface area (Å²) < 4.78 is 0. The van der Waals surface area contributed by atoms with Gasteiger partial charge in [-0.2, -0.15) is 0 Å². The van der Waals surface area contributed by atoms with Gasteiger partial charge >= 0.3 is 0 Å². The van der Waals surface area contributed by atoms with Crippen LogP contribution in [0.5, 0.6) is 0 Å². The third-order valence-corrected chi connectivity index (χ3v) is 3.65. The molecule has 0 aliphatic heterocycles. The van der Waals surface area contributed by atoms with Gasteiger partial charge in [-0.15, -0.1) is 0 Å². The van der Waals surface area contributed by atoms with Crippen LogP contribution in [0.2, 0.25) is 5.02 Å². The second-order valence-corrected chi connectivity index (χ2v) is 5.18. The monoisotopic (exact) mass is 279 g/mol. The Labute approximate surface area is 116 Å². The van der Waals surface area contributed by atoms with Crippen molar-refractivity contribution < 1.29 is 0 Å². The molecule has 0 aliphatic carbocycles. The number of benzene rings is 1. The van der Waals surface area contributed by atoms with E-state index < -0.39 is 0 Å². The van der Waals surface area contributed by atoms with Crippen molar-refractivity contribution in [1.29, 1.82) is 0 Å². The molecule has 0 bridgehead atoms. The van der Waals surface area contributed by atoms with Crippen LogP contribution in [0.3, 0.4) is 0 Å². The van der Waals surface area contributed by atoms with Crippen LogP contribution in [-0.2, 0) is 6.54 Å². The zero-order valence-electron chi connectivity index (χ0n) is 10.1. The van der Waals surface area contributed by atoms with Crippen molar-refractivity contribution >= 4 is 23.4 Å². The van der Waals surface area contributed by atoms with E-state index in [0.717, 1.165) is 28.0 Å². The van der Waals surface area contributed by atoms with Gasteiger partial charge in [0.05, 0.1) is 0 Å². The lowest BCUT2D eigenvalue weighted by Gasteiger charge is -2.09. The average molecular weight is 280 g/mol. The van der Waals surface area contributed by atoms with Gasteiger partial charge < -0.3 is 5.32 Å². The quantitative estimate of drug-likeness (QED) is 0.852. The van der Waals surface area contributed by atoms with Gasteiger partial charge in [-0.05, 0) is 30.3 Å². The molecule has 0 unspecified atom stereocenters. The smallest absolute Gasteiger partial charge is 0.116 e. The van der Waals surface area contributed by atoms with E-state index in [4.69, 9.17) is 11.6 Å². The van der Waals surface area contributed by atoms with Gasteiger partial charge in [0.2, 0.25) is 0 Å². The van der Waals surface area contributed by atoms with E-state index in [1.54, 1.807) is 24.3 Å². The summed E-state index contributed by atoms with van der Waals surface area (Å²) >= 11 is 7.65. The van der Waals surface area contributed by atoms with Gasteiger partial charge in [0.15, 0.2) is 0 Å². The van der Waals surface area contributed by atoms with Gasteiger partial charge in [-0.3, -0.25) is 0 Å². The average Bonchev–Trinajstić information content (AvgIpc) is 2.39.